The van der Waals surface area contributed by atoms with Crippen LogP contribution in [0.5, 0.6) is 5.75 Å². The van der Waals surface area contributed by atoms with E-state index in [0.717, 1.165) is 10.4 Å². The van der Waals surface area contributed by atoms with Crippen LogP contribution in [0, 0.1) is 0 Å². The molecular formula is C32H32F3NO3Si. The number of carbonyl (C=O) groups is 1. The number of anilines is 1. The number of benzene rings is 4. The summed E-state index contributed by atoms with van der Waals surface area (Å²) < 4.78 is 50.7. The van der Waals surface area contributed by atoms with Gasteiger partial charge in [-0.2, -0.15) is 13.2 Å². The maximum Gasteiger partial charge on any atom is 0.422 e. The quantitative estimate of drug-likeness (QED) is 0.224. The first kappa shape index (κ1) is 29.1. The van der Waals surface area contributed by atoms with Gasteiger partial charge in [-0.1, -0.05) is 99.6 Å². The zero-order chi connectivity index (χ0) is 28.8. The van der Waals surface area contributed by atoms with E-state index in [1.54, 1.807) is 30.3 Å². The van der Waals surface area contributed by atoms with Gasteiger partial charge in [-0.3, -0.25) is 4.79 Å². The number of ether oxygens (including phenoxy) is 1. The Hall–Kier alpha value is -3.88. The number of amides is 1. The molecule has 0 radical (unpaired) electrons. The average molecular weight is 564 g/mol. The molecule has 0 spiro atoms. The Labute approximate surface area is 233 Å². The second-order valence-corrected chi connectivity index (χ2v) is 14.8. The van der Waals surface area contributed by atoms with Crippen LogP contribution in [0.4, 0.5) is 18.9 Å². The molecule has 0 aliphatic carbocycles. The fourth-order valence-corrected chi connectivity index (χ4v) is 9.33. The Bertz CT molecular complexity index is 1370. The minimum Gasteiger partial charge on any atom is -0.484 e. The zero-order valence-corrected chi connectivity index (χ0v) is 23.7. The molecule has 1 amide bonds. The second kappa shape index (κ2) is 12.1. The molecule has 0 heterocycles. The lowest BCUT2D eigenvalue weighted by Crippen LogP contribution is -2.66. The van der Waals surface area contributed by atoms with Crippen LogP contribution < -0.4 is 20.4 Å². The fourth-order valence-electron chi connectivity index (χ4n) is 4.80. The van der Waals surface area contributed by atoms with Crippen LogP contribution in [-0.2, 0) is 11.0 Å². The second-order valence-electron chi connectivity index (χ2n) is 10.5. The van der Waals surface area contributed by atoms with E-state index >= 15 is 0 Å². The van der Waals surface area contributed by atoms with Crippen LogP contribution in [-0.4, -0.2) is 27.0 Å². The van der Waals surface area contributed by atoms with Gasteiger partial charge in [0.15, 0.2) is 6.61 Å². The van der Waals surface area contributed by atoms with Crippen molar-refractivity contribution < 1.29 is 27.1 Å². The molecule has 4 aromatic rings. The molecule has 4 rings (SSSR count). The Balaban J connectivity index is 1.76. The molecule has 8 heteroatoms. The van der Waals surface area contributed by atoms with Crippen molar-refractivity contribution in [2.24, 2.45) is 0 Å². The number of halogens is 3. The van der Waals surface area contributed by atoms with Gasteiger partial charge in [0, 0.05) is 16.8 Å². The molecule has 0 fully saturated rings. The van der Waals surface area contributed by atoms with E-state index in [1.165, 1.54) is 12.1 Å². The summed E-state index contributed by atoms with van der Waals surface area (Å²) in [5.41, 5.74) is 1.40. The van der Waals surface area contributed by atoms with Crippen LogP contribution >= 0.6 is 0 Å². The monoisotopic (exact) mass is 563 g/mol. The summed E-state index contributed by atoms with van der Waals surface area (Å²) in [6, 6.07) is 33.2. The molecular weight excluding hydrogens is 531 g/mol. The van der Waals surface area contributed by atoms with Gasteiger partial charge in [0.25, 0.3) is 14.2 Å². The Morgan fingerprint density at radius 1 is 0.775 bits per heavy atom. The molecule has 0 atom stereocenters. The standard InChI is InChI=1S/C32H32F3NO3Si/c1-31(2,3)40(27-15-9-5-10-16-27,28-17-11-6-12-18-28)39-22-25-21-26(38-23-32(33,34)35)19-20-29(25)36-30(37)24-13-7-4-8-14-24/h4-21H,22-23H2,1-3H3,(H,36,37). The van der Waals surface area contributed by atoms with Crippen LogP contribution in [0.3, 0.4) is 0 Å². The van der Waals surface area contributed by atoms with Gasteiger partial charge in [-0.25, -0.2) is 0 Å². The van der Waals surface area contributed by atoms with Gasteiger partial charge in [0.1, 0.15) is 5.75 Å². The van der Waals surface area contributed by atoms with Gasteiger partial charge in [-0.15, -0.1) is 0 Å². The van der Waals surface area contributed by atoms with E-state index in [0.29, 0.717) is 16.8 Å². The van der Waals surface area contributed by atoms with Gasteiger partial charge in [0.2, 0.25) is 0 Å². The van der Waals surface area contributed by atoms with Crippen LogP contribution in [0.15, 0.2) is 109 Å². The normalized spacial score (nSPS) is 12.2. The molecule has 0 unspecified atom stereocenters. The number of nitrogens with one attached hydrogen (secondary N) is 1. The molecule has 0 aliphatic heterocycles. The maximum absolute atomic E-state index is 13.0. The van der Waals surface area contributed by atoms with Crippen molar-refractivity contribution in [2.45, 2.75) is 38.6 Å². The molecule has 1 N–H and O–H groups in total. The number of hydrogen-bond acceptors (Lipinski definition) is 3. The number of hydrogen-bond donors (Lipinski definition) is 1. The predicted octanol–water partition coefficient (Wildman–Crippen LogP) is 6.96. The summed E-state index contributed by atoms with van der Waals surface area (Å²) in [6.07, 6.45) is -4.48. The topological polar surface area (TPSA) is 47.6 Å². The third-order valence-electron chi connectivity index (χ3n) is 6.62. The maximum atomic E-state index is 13.0. The lowest BCUT2D eigenvalue weighted by molar-refractivity contribution is -0.153. The summed E-state index contributed by atoms with van der Waals surface area (Å²) in [5, 5.41) is 4.71. The summed E-state index contributed by atoms with van der Waals surface area (Å²) in [7, 11) is -2.96. The third-order valence-corrected chi connectivity index (χ3v) is 11.6. The number of alkyl halides is 3. The highest BCUT2D eigenvalue weighted by atomic mass is 28.4. The van der Waals surface area contributed by atoms with E-state index in [4.69, 9.17) is 9.16 Å². The molecule has 208 valence electrons. The van der Waals surface area contributed by atoms with Crippen molar-refractivity contribution >= 4 is 30.3 Å². The molecule has 4 nitrogen and oxygen atoms in total. The number of rotatable bonds is 9. The lowest BCUT2D eigenvalue weighted by atomic mass is 10.1. The van der Waals surface area contributed by atoms with E-state index in [9.17, 15) is 18.0 Å². The largest absolute Gasteiger partial charge is 0.484 e. The number of carbonyl (C=O) groups excluding carboxylic acids is 1. The SMILES string of the molecule is CC(C)(C)[Si](OCc1cc(OCC(F)(F)F)ccc1NC(=O)c1ccccc1)(c1ccccc1)c1ccccc1. The summed E-state index contributed by atoms with van der Waals surface area (Å²) >= 11 is 0. The van der Waals surface area contributed by atoms with E-state index in [1.807, 2.05) is 42.5 Å². The van der Waals surface area contributed by atoms with E-state index in [-0.39, 0.29) is 23.3 Å². The predicted molar refractivity (Wildman–Crippen MR) is 155 cm³/mol. The molecule has 40 heavy (non-hydrogen) atoms. The molecule has 4 aromatic carbocycles. The van der Waals surface area contributed by atoms with E-state index in [2.05, 4.69) is 50.4 Å². The highest BCUT2D eigenvalue weighted by molar-refractivity contribution is 6.99. The molecule has 0 aliphatic rings. The first-order valence-corrected chi connectivity index (χ1v) is 14.8. The van der Waals surface area contributed by atoms with Crippen LogP contribution in [0.1, 0.15) is 36.7 Å². The molecule has 0 saturated heterocycles. The van der Waals surface area contributed by atoms with Crippen molar-refractivity contribution in [2.75, 3.05) is 11.9 Å². The first-order chi connectivity index (χ1) is 19.0. The highest BCUT2D eigenvalue weighted by Crippen LogP contribution is 2.38. The fraction of sp³-hybridized carbons (Fsp3) is 0.219. The minimum absolute atomic E-state index is 0.0380. The summed E-state index contributed by atoms with van der Waals surface area (Å²) in [6.45, 7) is 5.04. The van der Waals surface area contributed by atoms with Crippen molar-refractivity contribution in [1.29, 1.82) is 0 Å². The lowest BCUT2D eigenvalue weighted by Gasteiger charge is -2.43. The first-order valence-electron chi connectivity index (χ1n) is 12.9. The highest BCUT2D eigenvalue weighted by Gasteiger charge is 2.50. The minimum atomic E-state index is -4.48. The molecule has 0 saturated carbocycles. The van der Waals surface area contributed by atoms with Crippen molar-refractivity contribution in [3.63, 3.8) is 0 Å². The van der Waals surface area contributed by atoms with E-state index < -0.39 is 21.1 Å². The van der Waals surface area contributed by atoms with Gasteiger partial charge < -0.3 is 14.5 Å². The van der Waals surface area contributed by atoms with Crippen molar-refractivity contribution in [1.82, 2.24) is 0 Å². The van der Waals surface area contributed by atoms with Crippen molar-refractivity contribution in [3.05, 3.63) is 120 Å². The summed E-state index contributed by atoms with van der Waals surface area (Å²) in [5.74, 6) is -0.299. The van der Waals surface area contributed by atoms with Crippen LogP contribution in [0.2, 0.25) is 5.04 Å². The molecule has 0 bridgehead atoms. The van der Waals surface area contributed by atoms with Gasteiger partial charge in [-0.05, 0) is 45.7 Å². The Morgan fingerprint density at radius 3 is 1.80 bits per heavy atom. The van der Waals surface area contributed by atoms with Gasteiger partial charge >= 0.3 is 6.18 Å². The smallest absolute Gasteiger partial charge is 0.422 e. The zero-order valence-electron chi connectivity index (χ0n) is 22.7. The third kappa shape index (κ3) is 6.81. The van der Waals surface area contributed by atoms with Gasteiger partial charge in [0.05, 0.1) is 6.61 Å². The van der Waals surface area contributed by atoms with Crippen LogP contribution in [0.25, 0.3) is 0 Å². The molecule has 0 aromatic heterocycles. The summed E-state index contributed by atoms with van der Waals surface area (Å²) in [4.78, 5) is 13.0. The average Bonchev–Trinajstić information content (AvgIpc) is 2.93. The Morgan fingerprint density at radius 2 is 1.30 bits per heavy atom. The Kier molecular flexibility index (Phi) is 8.81. The van der Waals surface area contributed by atoms with Crippen molar-refractivity contribution in [3.8, 4) is 5.75 Å².